The van der Waals surface area contributed by atoms with E-state index in [1.54, 1.807) is 29.5 Å². The summed E-state index contributed by atoms with van der Waals surface area (Å²) in [6, 6.07) is 8.70. The number of aliphatic imine (C=N–C) groups is 1. The van der Waals surface area contributed by atoms with Crippen LogP contribution in [-0.4, -0.2) is 44.9 Å². The number of fused-ring (bicyclic) bond motifs is 1. The number of rotatable bonds is 6. The number of hydrogen-bond donors (Lipinski definition) is 2. The van der Waals surface area contributed by atoms with Crippen molar-refractivity contribution in [3.63, 3.8) is 0 Å². The van der Waals surface area contributed by atoms with E-state index in [-0.39, 0.29) is 6.04 Å². The molecule has 1 aliphatic rings. The molecule has 4 rings (SSSR count). The van der Waals surface area contributed by atoms with Crippen molar-refractivity contribution in [1.29, 1.82) is 5.26 Å². The van der Waals surface area contributed by atoms with Crippen LogP contribution in [0, 0.1) is 17.1 Å². The van der Waals surface area contributed by atoms with E-state index in [9.17, 15) is 9.65 Å². The van der Waals surface area contributed by atoms with Gasteiger partial charge in [-0.2, -0.15) is 10.4 Å². The van der Waals surface area contributed by atoms with Crippen LogP contribution >= 0.6 is 0 Å². The summed E-state index contributed by atoms with van der Waals surface area (Å²) < 4.78 is 21.0. The summed E-state index contributed by atoms with van der Waals surface area (Å²) in [7, 11) is 0. The second-order valence-electron chi connectivity index (χ2n) is 7.88. The maximum absolute atomic E-state index is 13.3. The van der Waals surface area contributed by atoms with Gasteiger partial charge in [-0.25, -0.2) is 9.37 Å². The Bertz CT molecular complexity index is 1240. The third kappa shape index (κ3) is 4.83. The molecule has 9 nitrogen and oxygen atoms in total. The van der Waals surface area contributed by atoms with Crippen molar-refractivity contribution >= 4 is 17.1 Å². The van der Waals surface area contributed by atoms with Crippen LogP contribution < -0.4 is 15.9 Å². The molecule has 0 aromatic carbocycles. The van der Waals surface area contributed by atoms with Gasteiger partial charge in [-0.05, 0) is 51.4 Å². The number of nitrogens with one attached hydrogen (secondary N) is 1. The summed E-state index contributed by atoms with van der Waals surface area (Å²) in [6.45, 7) is 5.49. The Morgan fingerprint density at radius 2 is 2.21 bits per heavy atom. The van der Waals surface area contributed by atoms with Crippen molar-refractivity contribution in [1.82, 2.24) is 19.7 Å². The number of aromatic nitrogens is 3. The van der Waals surface area contributed by atoms with Gasteiger partial charge in [0.1, 0.15) is 35.0 Å². The number of nitriles is 1. The molecule has 3 aromatic rings. The van der Waals surface area contributed by atoms with Crippen LogP contribution in [0.5, 0.6) is 5.88 Å². The number of hydrazone groups is 1. The molecule has 3 N–H and O–H groups in total. The van der Waals surface area contributed by atoms with Gasteiger partial charge in [-0.3, -0.25) is 14.4 Å². The first-order valence-corrected chi connectivity index (χ1v) is 10.7. The average molecular weight is 449 g/mol. The molecular weight excluding hydrogens is 423 g/mol. The zero-order valence-corrected chi connectivity index (χ0v) is 18.5. The molecule has 0 spiro atoms. The highest BCUT2D eigenvalue weighted by molar-refractivity contribution is 6.47. The lowest BCUT2D eigenvalue weighted by Gasteiger charge is -2.20. The first-order chi connectivity index (χ1) is 16.0. The van der Waals surface area contributed by atoms with Gasteiger partial charge in [0.25, 0.3) is 0 Å². The molecule has 3 aromatic heterocycles. The Hall–Kier alpha value is -3.84. The summed E-state index contributed by atoms with van der Waals surface area (Å²) in [5.74, 6) is 5.71. The number of nitrogens with zero attached hydrogens (tertiary/aromatic N) is 6. The monoisotopic (exact) mass is 448 g/mol. The minimum Gasteiger partial charge on any atom is -0.469 e. The van der Waals surface area contributed by atoms with Crippen molar-refractivity contribution in [3.05, 3.63) is 59.4 Å². The van der Waals surface area contributed by atoms with Crippen LogP contribution in [0.2, 0.25) is 0 Å². The zero-order chi connectivity index (χ0) is 23.4. The molecule has 33 heavy (non-hydrogen) atoms. The number of piperidine rings is 1. The Kier molecular flexibility index (Phi) is 6.60. The van der Waals surface area contributed by atoms with E-state index in [4.69, 9.17) is 15.6 Å². The Morgan fingerprint density at radius 3 is 2.88 bits per heavy atom. The molecule has 2 unspecified atom stereocenters. The van der Waals surface area contributed by atoms with Crippen molar-refractivity contribution in [2.45, 2.75) is 38.8 Å². The van der Waals surface area contributed by atoms with Crippen LogP contribution in [0.15, 0.2) is 46.8 Å². The van der Waals surface area contributed by atoms with E-state index >= 15 is 0 Å². The second-order valence-corrected chi connectivity index (χ2v) is 7.88. The molecule has 0 saturated carbocycles. The van der Waals surface area contributed by atoms with E-state index in [0.717, 1.165) is 32.1 Å². The lowest BCUT2D eigenvalue weighted by atomic mass is 10.1. The van der Waals surface area contributed by atoms with E-state index in [0.29, 0.717) is 39.9 Å². The van der Waals surface area contributed by atoms with Crippen LogP contribution in [0.3, 0.4) is 0 Å². The number of ether oxygens (including phenoxy) is 1. The van der Waals surface area contributed by atoms with Crippen molar-refractivity contribution in [2.75, 3.05) is 13.1 Å². The lowest BCUT2D eigenvalue weighted by Crippen LogP contribution is -2.33. The SMILES string of the molecule is CC(=NC1CCCNC1)/C(=N\N)c1cc(OC(C)c2ccc(F)cn2)n2c(C#N)cnc2c1. The third-order valence-electron chi connectivity index (χ3n) is 5.54. The molecule has 1 saturated heterocycles. The highest BCUT2D eigenvalue weighted by Crippen LogP contribution is 2.26. The Balaban J connectivity index is 1.73. The maximum Gasteiger partial charge on any atom is 0.201 e. The van der Waals surface area contributed by atoms with Gasteiger partial charge in [0, 0.05) is 18.2 Å². The van der Waals surface area contributed by atoms with Gasteiger partial charge in [-0.1, -0.05) is 0 Å². The van der Waals surface area contributed by atoms with Crippen LogP contribution in [-0.2, 0) is 0 Å². The number of nitrogens with two attached hydrogens (primary N) is 1. The Morgan fingerprint density at radius 1 is 1.36 bits per heavy atom. The summed E-state index contributed by atoms with van der Waals surface area (Å²) >= 11 is 0. The predicted octanol–water partition coefficient (Wildman–Crippen LogP) is 2.76. The first kappa shape index (κ1) is 22.4. The molecule has 2 atom stereocenters. The fourth-order valence-corrected chi connectivity index (χ4v) is 3.90. The molecule has 0 bridgehead atoms. The van der Waals surface area contributed by atoms with Gasteiger partial charge in [-0.15, -0.1) is 0 Å². The van der Waals surface area contributed by atoms with Crippen molar-refractivity contribution < 1.29 is 9.13 Å². The minimum atomic E-state index is -0.515. The van der Waals surface area contributed by atoms with E-state index < -0.39 is 11.9 Å². The van der Waals surface area contributed by atoms with Gasteiger partial charge < -0.3 is 15.9 Å². The molecule has 170 valence electrons. The standard InChI is InChI=1S/C23H25FN8O/c1-14(30-18-4-3-7-27-12-18)23(31-26)16-8-21-29-13-19(10-25)32(21)22(9-16)33-15(2)20-6-5-17(24)11-28-20/h5-6,8-9,11,13,15,18,27H,3-4,7,12,26H2,1-2H3/b30-14?,31-23+. The minimum absolute atomic E-state index is 0.163. The van der Waals surface area contributed by atoms with Crippen LogP contribution in [0.1, 0.15) is 49.7 Å². The third-order valence-corrected chi connectivity index (χ3v) is 5.54. The van der Waals surface area contributed by atoms with Gasteiger partial charge in [0.2, 0.25) is 5.88 Å². The largest absolute Gasteiger partial charge is 0.469 e. The molecule has 1 fully saturated rings. The van der Waals surface area contributed by atoms with E-state index in [1.165, 1.54) is 12.3 Å². The maximum atomic E-state index is 13.3. The van der Waals surface area contributed by atoms with Gasteiger partial charge in [0.05, 0.1) is 29.8 Å². The summed E-state index contributed by atoms with van der Waals surface area (Å²) in [5, 5.41) is 16.9. The van der Waals surface area contributed by atoms with E-state index in [2.05, 4.69) is 26.5 Å². The quantitative estimate of drug-likeness (QED) is 0.339. The van der Waals surface area contributed by atoms with Crippen molar-refractivity contribution in [3.8, 4) is 11.9 Å². The highest BCUT2D eigenvalue weighted by atomic mass is 19.1. The predicted molar refractivity (Wildman–Crippen MR) is 123 cm³/mol. The van der Waals surface area contributed by atoms with Crippen molar-refractivity contribution in [2.24, 2.45) is 15.9 Å². The Labute approximate surface area is 190 Å². The number of hydrogen-bond acceptors (Lipinski definition) is 8. The first-order valence-electron chi connectivity index (χ1n) is 10.7. The van der Waals surface area contributed by atoms with Crippen LogP contribution in [0.25, 0.3) is 5.65 Å². The van der Waals surface area contributed by atoms with Gasteiger partial charge >= 0.3 is 0 Å². The van der Waals surface area contributed by atoms with E-state index in [1.807, 2.05) is 6.92 Å². The lowest BCUT2D eigenvalue weighted by molar-refractivity contribution is 0.209. The van der Waals surface area contributed by atoms with Crippen LogP contribution in [0.4, 0.5) is 4.39 Å². The summed E-state index contributed by atoms with van der Waals surface area (Å²) in [5.41, 5.74) is 3.26. The zero-order valence-electron chi connectivity index (χ0n) is 18.5. The summed E-state index contributed by atoms with van der Waals surface area (Å²) in [6.07, 6.45) is 4.17. The fraction of sp³-hybridized carbons (Fsp3) is 0.348. The topological polar surface area (TPSA) is 126 Å². The number of halogens is 1. The summed E-state index contributed by atoms with van der Waals surface area (Å²) in [4.78, 5) is 13.2. The second kappa shape index (κ2) is 9.75. The fourth-order valence-electron chi connectivity index (χ4n) is 3.90. The smallest absolute Gasteiger partial charge is 0.201 e. The number of imidazole rings is 1. The highest BCUT2D eigenvalue weighted by Gasteiger charge is 2.20. The molecule has 10 heteroatoms. The van der Waals surface area contributed by atoms with Gasteiger partial charge in [0.15, 0.2) is 0 Å². The molecular formula is C23H25FN8O. The molecule has 1 aliphatic heterocycles. The molecule has 0 radical (unpaired) electrons. The average Bonchev–Trinajstić information content (AvgIpc) is 3.24. The molecule has 4 heterocycles. The number of pyridine rings is 2. The molecule has 0 aliphatic carbocycles. The molecule has 0 amide bonds. The normalized spacial score (nSPS) is 18.2.